The van der Waals surface area contributed by atoms with Crippen LogP contribution in [0.3, 0.4) is 0 Å². The van der Waals surface area contributed by atoms with E-state index >= 15 is 0 Å². The van der Waals surface area contributed by atoms with Crippen LogP contribution >= 0.6 is 0 Å². The molecular formula is C14H32N2O2. The van der Waals surface area contributed by atoms with Gasteiger partial charge in [0.25, 0.3) is 0 Å². The Bertz CT molecular complexity index is 189. The summed E-state index contributed by atoms with van der Waals surface area (Å²) in [6.07, 6.45) is 1.14. The van der Waals surface area contributed by atoms with Crippen molar-refractivity contribution >= 4 is 0 Å². The van der Waals surface area contributed by atoms with Gasteiger partial charge in [-0.1, -0.05) is 20.8 Å². The quantitative estimate of drug-likeness (QED) is 0.613. The van der Waals surface area contributed by atoms with Crippen LogP contribution in [0.5, 0.6) is 0 Å². The van der Waals surface area contributed by atoms with E-state index in [0.717, 1.165) is 32.7 Å². The molecule has 0 fully saturated rings. The smallest absolute Gasteiger partial charge is 0.0615 e. The number of nitrogens with one attached hydrogen (secondary N) is 1. The molecule has 4 heteroatoms. The van der Waals surface area contributed by atoms with E-state index in [1.165, 1.54) is 0 Å². The monoisotopic (exact) mass is 260 g/mol. The van der Waals surface area contributed by atoms with Crippen LogP contribution in [-0.2, 0) is 9.47 Å². The zero-order valence-electron chi connectivity index (χ0n) is 13.0. The average molecular weight is 260 g/mol. The molecule has 0 aliphatic heterocycles. The number of rotatable bonds is 11. The highest BCUT2D eigenvalue weighted by Crippen LogP contribution is 2.09. The highest BCUT2D eigenvalue weighted by Gasteiger charge is 2.21. The Morgan fingerprint density at radius 3 is 2.22 bits per heavy atom. The topological polar surface area (TPSA) is 33.7 Å². The lowest BCUT2D eigenvalue weighted by atomic mass is 10.1. The Balaban J connectivity index is 4.44. The molecule has 0 aromatic carbocycles. The van der Waals surface area contributed by atoms with Gasteiger partial charge in [-0.25, -0.2) is 0 Å². The van der Waals surface area contributed by atoms with E-state index in [4.69, 9.17) is 9.47 Å². The van der Waals surface area contributed by atoms with Crippen molar-refractivity contribution in [3.05, 3.63) is 0 Å². The third-order valence-corrected chi connectivity index (χ3v) is 3.23. The zero-order chi connectivity index (χ0) is 14.0. The van der Waals surface area contributed by atoms with Gasteiger partial charge in [0.05, 0.1) is 13.2 Å². The van der Waals surface area contributed by atoms with Crippen LogP contribution in [0.15, 0.2) is 0 Å². The lowest BCUT2D eigenvalue weighted by Gasteiger charge is -2.36. The molecule has 1 N–H and O–H groups in total. The van der Waals surface area contributed by atoms with E-state index in [1.807, 2.05) is 0 Å². The van der Waals surface area contributed by atoms with Gasteiger partial charge < -0.3 is 14.8 Å². The van der Waals surface area contributed by atoms with Crippen LogP contribution in [0, 0.1) is 0 Å². The molecule has 0 radical (unpaired) electrons. The third-order valence-electron chi connectivity index (χ3n) is 3.23. The van der Waals surface area contributed by atoms with Gasteiger partial charge in [-0.15, -0.1) is 0 Å². The molecule has 0 bridgehead atoms. The van der Waals surface area contributed by atoms with Gasteiger partial charge in [0.15, 0.2) is 0 Å². The van der Waals surface area contributed by atoms with Crippen LogP contribution in [0.25, 0.3) is 0 Å². The van der Waals surface area contributed by atoms with E-state index in [1.54, 1.807) is 14.2 Å². The van der Waals surface area contributed by atoms with Crippen LogP contribution in [-0.4, -0.2) is 63.5 Å². The summed E-state index contributed by atoms with van der Waals surface area (Å²) >= 11 is 0. The number of nitrogens with zero attached hydrogens (tertiary/aromatic N) is 1. The van der Waals surface area contributed by atoms with E-state index in [2.05, 4.69) is 37.9 Å². The molecular weight excluding hydrogens is 228 g/mol. The first-order valence-corrected chi connectivity index (χ1v) is 7.03. The summed E-state index contributed by atoms with van der Waals surface area (Å²) in [5, 5.41) is 3.53. The molecule has 4 nitrogen and oxygen atoms in total. The van der Waals surface area contributed by atoms with E-state index in [9.17, 15) is 0 Å². The maximum Gasteiger partial charge on any atom is 0.0615 e. The van der Waals surface area contributed by atoms with Crippen LogP contribution in [0.2, 0.25) is 0 Å². The second-order valence-electron chi connectivity index (χ2n) is 5.16. The maximum atomic E-state index is 5.28. The van der Waals surface area contributed by atoms with Gasteiger partial charge in [-0.2, -0.15) is 0 Å². The molecule has 0 aliphatic rings. The van der Waals surface area contributed by atoms with Gasteiger partial charge in [-0.3, -0.25) is 4.90 Å². The number of ether oxygens (including phenoxy) is 2. The zero-order valence-corrected chi connectivity index (χ0v) is 13.0. The standard InChI is InChI=1S/C14H32N2O2/c1-7-14(10-15-12(2)3)16(8-9-17-5)13(4)11-18-6/h12-15H,7-11H2,1-6H3. The van der Waals surface area contributed by atoms with E-state index < -0.39 is 0 Å². The average Bonchev–Trinajstić information content (AvgIpc) is 2.33. The van der Waals surface area contributed by atoms with Crippen molar-refractivity contribution in [2.75, 3.05) is 40.5 Å². The molecule has 110 valence electrons. The molecule has 2 atom stereocenters. The lowest BCUT2D eigenvalue weighted by Crippen LogP contribution is -2.50. The minimum atomic E-state index is 0.420. The van der Waals surface area contributed by atoms with Crippen molar-refractivity contribution in [3.8, 4) is 0 Å². The van der Waals surface area contributed by atoms with Crippen molar-refractivity contribution in [2.24, 2.45) is 0 Å². The summed E-state index contributed by atoms with van der Waals surface area (Å²) in [6.45, 7) is 12.3. The van der Waals surface area contributed by atoms with Gasteiger partial charge >= 0.3 is 0 Å². The fraction of sp³-hybridized carbons (Fsp3) is 1.00. The Labute approximate surface area is 113 Å². The second kappa shape index (κ2) is 10.7. The fourth-order valence-electron chi connectivity index (χ4n) is 2.16. The van der Waals surface area contributed by atoms with Crippen molar-refractivity contribution in [1.29, 1.82) is 0 Å². The second-order valence-corrected chi connectivity index (χ2v) is 5.16. The molecule has 0 aliphatic carbocycles. The lowest BCUT2D eigenvalue weighted by molar-refractivity contribution is 0.0450. The summed E-state index contributed by atoms with van der Waals surface area (Å²) in [4.78, 5) is 2.49. The summed E-state index contributed by atoms with van der Waals surface area (Å²) in [6, 6.07) is 1.48. The van der Waals surface area contributed by atoms with Crippen molar-refractivity contribution in [1.82, 2.24) is 10.2 Å². The van der Waals surface area contributed by atoms with E-state index in [-0.39, 0.29) is 0 Å². The first kappa shape index (κ1) is 17.8. The Morgan fingerprint density at radius 1 is 1.11 bits per heavy atom. The van der Waals surface area contributed by atoms with Gasteiger partial charge in [0, 0.05) is 45.4 Å². The van der Waals surface area contributed by atoms with Gasteiger partial charge in [0.1, 0.15) is 0 Å². The minimum Gasteiger partial charge on any atom is -0.383 e. The Morgan fingerprint density at radius 2 is 1.78 bits per heavy atom. The van der Waals surface area contributed by atoms with Crippen LogP contribution in [0.1, 0.15) is 34.1 Å². The molecule has 2 unspecified atom stereocenters. The first-order chi connectivity index (χ1) is 8.56. The fourth-order valence-corrected chi connectivity index (χ4v) is 2.16. The summed E-state index contributed by atoms with van der Waals surface area (Å²) in [7, 11) is 3.52. The van der Waals surface area contributed by atoms with Crippen LogP contribution in [0.4, 0.5) is 0 Å². The van der Waals surface area contributed by atoms with Crippen molar-refractivity contribution < 1.29 is 9.47 Å². The summed E-state index contributed by atoms with van der Waals surface area (Å²) in [5.74, 6) is 0. The van der Waals surface area contributed by atoms with Gasteiger partial charge in [0.2, 0.25) is 0 Å². The van der Waals surface area contributed by atoms with Crippen molar-refractivity contribution in [2.45, 2.75) is 52.2 Å². The molecule has 0 aromatic heterocycles. The highest BCUT2D eigenvalue weighted by molar-refractivity contribution is 4.78. The minimum absolute atomic E-state index is 0.420. The maximum absolute atomic E-state index is 5.28. The van der Waals surface area contributed by atoms with E-state index in [0.29, 0.717) is 18.1 Å². The number of hydrogen-bond acceptors (Lipinski definition) is 4. The molecule has 0 aromatic rings. The van der Waals surface area contributed by atoms with Crippen molar-refractivity contribution in [3.63, 3.8) is 0 Å². The molecule has 0 amide bonds. The summed E-state index contributed by atoms with van der Waals surface area (Å²) in [5.41, 5.74) is 0. The summed E-state index contributed by atoms with van der Waals surface area (Å²) < 4.78 is 10.5. The molecule has 0 rings (SSSR count). The normalized spacial score (nSPS) is 15.3. The Hall–Kier alpha value is -0.160. The first-order valence-electron chi connectivity index (χ1n) is 7.03. The molecule has 0 saturated heterocycles. The predicted octanol–water partition coefficient (Wildman–Crippen LogP) is 1.75. The largest absolute Gasteiger partial charge is 0.383 e. The number of hydrogen-bond donors (Lipinski definition) is 1. The molecule has 0 spiro atoms. The SMILES string of the molecule is CCC(CNC(C)C)N(CCOC)C(C)COC. The van der Waals surface area contributed by atoms with Gasteiger partial charge in [-0.05, 0) is 13.3 Å². The highest BCUT2D eigenvalue weighted by atomic mass is 16.5. The molecule has 0 saturated carbocycles. The Kier molecular flexibility index (Phi) is 10.6. The third kappa shape index (κ3) is 7.31. The molecule has 18 heavy (non-hydrogen) atoms. The molecule has 0 heterocycles. The predicted molar refractivity (Wildman–Crippen MR) is 77.1 cm³/mol. The van der Waals surface area contributed by atoms with Crippen LogP contribution < -0.4 is 5.32 Å². The number of methoxy groups -OCH3 is 2.